The minimum absolute atomic E-state index is 0.0999. The fourth-order valence-electron chi connectivity index (χ4n) is 8.52. The van der Waals surface area contributed by atoms with Crippen molar-refractivity contribution in [2.75, 3.05) is 0 Å². The second-order valence-corrected chi connectivity index (χ2v) is 18.1. The Morgan fingerprint density at radius 3 is 0.724 bits per heavy atom. The Labute approximate surface area is 361 Å². The minimum atomic E-state index is -0.365. The molecule has 0 bridgehead atoms. The Morgan fingerprint density at radius 1 is 0.328 bits per heavy atom. The van der Waals surface area contributed by atoms with Crippen LogP contribution in [0.25, 0.3) is 0 Å². The molecule has 0 fully saturated rings. The molecule has 0 spiro atoms. The van der Waals surface area contributed by atoms with Gasteiger partial charge >= 0.3 is 11.9 Å². The third kappa shape index (κ3) is 32.0. The van der Waals surface area contributed by atoms with Gasteiger partial charge in [-0.2, -0.15) is 0 Å². The topological polar surface area (TPSA) is 52.6 Å². The molecule has 58 heavy (non-hydrogen) atoms. The van der Waals surface area contributed by atoms with Gasteiger partial charge in [0.05, 0.1) is 11.1 Å². The molecule has 338 valence electrons. The molecule has 0 heterocycles. The molecule has 0 N–H and O–H groups in total. The Hall–Kier alpha value is -1.84. The summed E-state index contributed by atoms with van der Waals surface area (Å²) < 4.78 is 12.5. The summed E-state index contributed by atoms with van der Waals surface area (Å²) in [6.45, 7) is 9.08. The number of carbonyl (C=O) groups is 2. The molecule has 0 amide bonds. The van der Waals surface area contributed by atoms with E-state index >= 15 is 0 Å². The molecule has 2 unspecified atom stereocenters. The van der Waals surface area contributed by atoms with E-state index in [1.807, 2.05) is 12.1 Å². The van der Waals surface area contributed by atoms with E-state index in [2.05, 4.69) is 27.7 Å². The molecule has 0 aromatic heterocycles. The number of esters is 2. The molecule has 4 nitrogen and oxygen atoms in total. The number of benzene rings is 1. The Balaban J connectivity index is 2.72. The SMILES string of the molecule is CCCCCCCCCCCCCCC(CCCCCCCC)OC(=O)c1ccccc1C(=O)OC(CCCCCCCC)CCCCCCCCCCCCCC. The fourth-order valence-corrected chi connectivity index (χ4v) is 8.52. The van der Waals surface area contributed by atoms with Crippen molar-refractivity contribution in [3.63, 3.8) is 0 Å². The molecule has 0 aliphatic rings. The lowest BCUT2D eigenvalue weighted by molar-refractivity contribution is 0.0201. The molecule has 1 rings (SSSR count). The number of hydrogen-bond acceptors (Lipinski definition) is 4. The van der Waals surface area contributed by atoms with Crippen LogP contribution in [0.5, 0.6) is 0 Å². The maximum Gasteiger partial charge on any atom is 0.339 e. The number of rotatable bonds is 44. The van der Waals surface area contributed by atoms with Gasteiger partial charge in [0.2, 0.25) is 0 Å². The maximum atomic E-state index is 13.8. The van der Waals surface area contributed by atoms with E-state index in [9.17, 15) is 9.59 Å². The lowest BCUT2D eigenvalue weighted by Gasteiger charge is -2.21. The van der Waals surface area contributed by atoms with E-state index in [0.717, 1.165) is 51.4 Å². The van der Waals surface area contributed by atoms with Crippen LogP contribution in [0.4, 0.5) is 0 Å². The van der Waals surface area contributed by atoms with Crippen LogP contribution in [-0.2, 0) is 9.47 Å². The van der Waals surface area contributed by atoms with Crippen molar-refractivity contribution in [2.24, 2.45) is 0 Å². The van der Waals surface area contributed by atoms with Crippen molar-refractivity contribution in [1.29, 1.82) is 0 Å². The second kappa shape index (κ2) is 41.9. The van der Waals surface area contributed by atoms with Gasteiger partial charge in [-0.25, -0.2) is 9.59 Å². The van der Waals surface area contributed by atoms with Crippen molar-refractivity contribution in [2.45, 2.75) is 297 Å². The van der Waals surface area contributed by atoms with Gasteiger partial charge in [-0.3, -0.25) is 0 Å². The van der Waals surface area contributed by atoms with Gasteiger partial charge in [0.15, 0.2) is 0 Å². The molecule has 0 aliphatic carbocycles. The summed E-state index contributed by atoms with van der Waals surface area (Å²) in [6, 6.07) is 7.22. The Kier molecular flexibility index (Phi) is 39.1. The van der Waals surface area contributed by atoms with Gasteiger partial charge in [-0.1, -0.05) is 245 Å². The summed E-state index contributed by atoms with van der Waals surface area (Å²) in [4.78, 5) is 27.6. The molecule has 2 atom stereocenters. The van der Waals surface area contributed by atoms with E-state index in [1.165, 1.54) is 205 Å². The minimum Gasteiger partial charge on any atom is -0.459 e. The van der Waals surface area contributed by atoms with Crippen LogP contribution >= 0.6 is 0 Å². The lowest BCUT2D eigenvalue weighted by Crippen LogP contribution is -2.23. The molecular weight excluding hydrogens is 713 g/mol. The summed E-state index contributed by atoms with van der Waals surface area (Å²) in [5, 5.41) is 0. The standard InChI is InChI=1S/C54H98O4/c1-5-9-13-17-21-23-25-27-29-31-35-39-45-49(43-37-33-19-15-11-7-3)57-53(55)51-47-41-42-48-52(51)54(56)58-50(44-38-34-20-16-12-8-4)46-40-36-32-30-28-26-24-22-18-14-10-6-2/h41-42,47-50H,5-40,43-46H2,1-4H3. The maximum absolute atomic E-state index is 13.8. The van der Waals surface area contributed by atoms with E-state index in [-0.39, 0.29) is 24.1 Å². The summed E-state index contributed by atoms with van der Waals surface area (Å²) in [7, 11) is 0. The molecular formula is C54H98O4. The summed E-state index contributed by atoms with van der Waals surface area (Å²) in [5.41, 5.74) is 0.720. The van der Waals surface area contributed by atoms with Crippen LogP contribution < -0.4 is 0 Å². The number of unbranched alkanes of at least 4 members (excludes halogenated alkanes) is 32. The highest BCUT2D eigenvalue weighted by Gasteiger charge is 2.24. The third-order valence-electron chi connectivity index (χ3n) is 12.4. The van der Waals surface area contributed by atoms with Gasteiger partial charge in [0.1, 0.15) is 12.2 Å². The highest BCUT2D eigenvalue weighted by Crippen LogP contribution is 2.23. The largest absolute Gasteiger partial charge is 0.459 e. The Morgan fingerprint density at radius 2 is 0.517 bits per heavy atom. The van der Waals surface area contributed by atoms with Crippen LogP contribution in [0.2, 0.25) is 0 Å². The van der Waals surface area contributed by atoms with E-state index in [0.29, 0.717) is 11.1 Å². The number of hydrogen-bond donors (Lipinski definition) is 0. The monoisotopic (exact) mass is 811 g/mol. The first-order chi connectivity index (χ1) is 28.6. The molecule has 0 saturated heterocycles. The van der Waals surface area contributed by atoms with Gasteiger partial charge in [0.25, 0.3) is 0 Å². The third-order valence-corrected chi connectivity index (χ3v) is 12.4. The highest BCUT2D eigenvalue weighted by molar-refractivity contribution is 6.03. The average Bonchev–Trinajstić information content (AvgIpc) is 3.23. The van der Waals surface area contributed by atoms with Crippen molar-refractivity contribution in [3.8, 4) is 0 Å². The van der Waals surface area contributed by atoms with Crippen molar-refractivity contribution in [3.05, 3.63) is 35.4 Å². The van der Waals surface area contributed by atoms with E-state index in [1.54, 1.807) is 12.1 Å². The lowest BCUT2D eigenvalue weighted by atomic mass is 10.0. The summed E-state index contributed by atoms with van der Waals surface area (Å²) >= 11 is 0. The van der Waals surface area contributed by atoms with Crippen molar-refractivity contribution in [1.82, 2.24) is 0 Å². The van der Waals surface area contributed by atoms with E-state index < -0.39 is 0 Å². The van der Waals surface area contributed by atoms with Crippen LogP contribution in [0.3, 0.4) is 0 Å². The zero-order chi connectivity index (χ0) is 42.0. The van der Waals surface area contributed by atoms with Gasteiger partial charge in [-0.15, -0.1) is 0 Å². The predicted octanol–water partition coefficient (Wildman–Crippen LogP) is 18.4. The number of ether oxygens (including phenoxy) is 2. The van der Waals surface area contributed by atoms with Crippen molar-refractivity contribution < 1.29 is 19.1 Å². The smallest absolute Gasteiger partial charge is 0.339 e. The molecule has 0 aliphatic heterocycles. The summed E-state index contributed by atoms with van der Waals surface area (Å²) in [6.07, 6.45) is 49.8. The second-order valence-electron chi connectivity index (χ2n) is 18.1. The van der Waals surface area contributed by atoms with Gasteiger partial charge in [0, 0.05) is 0 Å². The quantitative estimate of drug-likeness (QED) is 0.0487. The first-order valence-electron chi connectivity index (χ1n) is 26.1. The number of carbonyl (C=O) groups excluding carboxylic acids is 2. The van der Waals surface area contributed by atoms with Crippen LogP contribution in [0.15, 0.2) is 24.3 Å². The Bertz CT molecular complexity index is 955. The highest BCUT2D eigenvalue weighted by atomic mass is 16.5. The normalized spacial score (nSPS) is 12.5. The molecule has 0 saturated carbocycles. The summed E-state index contributed by atoms with van der Waals surface area (Å²) in [5.74, 6) is -0.730. The molecule has 4 heteroatoms. The molecule has 1 aromatic carbocycles. The first kappa shape index (κ1) is 54.2. The average molecular weight is 811 g/mol. The first-order valence-corrected chi connectivity index (χ1v) is 26.1. The van der Waals surface area contributed by atoms with Crippen LogP contribution in [0.1, 0.15) is 305 Å². The zero-order valence-electron chi connectivity index (χ0n) is 39.4. The van der Waals surface area contributed by atoms with Gasteiger partial charge < -0.3 is 9.47 Å². The molecule has 0 radical (unpaired) electrons. The van der Waals surface area contributed by atoms with Crippen LogP contribution in [0, 0.1) is 0 Å². The van der Waals surface area contributed by atoms with E-state index in [4.69, 9.17) is 9.47 Å². The van der Waals surface area contributed by atoms with Crippen LogP contribution in [-0.4, -0.2) is 24.1 Å². The van der Waals surface area contributed by atoms with Gasteiger partial charge in [-0.05, 0) is 63.5 Å². The van der Waals surface area contributed by atoms with Crippen molar-refractivity contribution >= 4 is 11.9 Å². The fraction of sp³-hybridized carbons (Fsp3) is 0.852. The zero-order valence-corrected chi connectivity index (χ0v) is 39.4. The predicted molar refractivity (Wildman–Crippen MR) is 252 cm³/mol. The molecule has 1 aromatic rings.